The van der Waals surface area contributed by atoms with Crippen molar-refractivity contribution in [2.45, 2.75) is 20.8 Å². The summed E-state index contributed by atoms with van der Waals surface area (Å²) < 4.78 is 7.10. The molecule has 2 heterocycles. The van der Waals surface area contributed by atoms with Crippen LogP contribution < -0.4 is 4.80 Å². The zero-order valence-corrected chi connectivity index (χ0v) is 13.6. The molecule has 0 fully saturated rings. The minimum atomic E-state index is 0.718. The van der Waals surface area contributed by atoms with Crippen LogP contribution in [0.5, 0.6) is 0 Å². The van der Waals surface area contributed by atoms with E-state index in [1.807, 2.05) is 35.2 Å². The highest BCUT2D eigenvalue weighted by Gasteiger charge is 2.02. The molecule has 2 aromatic heterocycles. The Kier molecular flexibility index (Phi) is 4.06. The van der Waals surface area contributed by atoms with Crippen LogP contribution in [0.1, 0.15) is 22.6 Å². The molecule has 4 nitrogen and oxygen atoms in total. The quantitative estimate of drug-likeness (QED) is 0.669. The lowest BCUT2D eigenvalue weighted by atomic mass is 10.1. The third-order valence-corrected chi connectivity index (χ3v) is 4.20. The monoisotopic (exact) mass is 311 g/mol. The molecule has 3 aromatic rings. The Morgan fingerprint density at radius 1 is 1.18 bits per heavy atom. The summed E-state index contributed by atoms with van der Waals surface area (Å²) in [6.07, 6.45) is 3.33. The van der Waals surface area contributed by atoms with Crippen LogP contribution in [0.15, 0.2) is 56.5 Å². The minimum absolute atomic E-state index is 0.718. The first kappa shape index (κ1) is 14.5. The van der Waals surface area contributed by atoms with Crippen molar-refractivity contribution in [1.29, 1.82) is 0 Å². The molecule has 0 N–H and O–H groups in total. The van der Waals surface area contributed by atoms with Crippen molar-refractivity contribution in [3.63, 3.8) is 0 Å². The Labute approximate surface area is 133 Å². The van der Waals surface area contributed by atoms with E-state index in [-0.39, 0.29) is 0 Å². The fourth-order valence-electron chi connectivity index (χ4n) is 2.12. The second-order valence-corrected chi connectivity index (χ2v) is 5.97. The van der Waals surface area contributed by atoms with Crippen LogP contribution in [0.25, 0.3) is 0 Å². The van der Waals surface area contributed by atoms with Crippen molar-refractivity contribution in [2.75, 3.05) is 0 Å². The smallest absolute Gasteiger partial charge is 0.211 e. The summed E-state index contributed by atoms with van der Waals surface area (Å²) in [6, 6.07) is 9.96. The average Bonchev–Trinajstić information content (AvgIpc) is 3.10. The molecule has 22 heavy (non-hydrogen) atoms. The maximum atomic E-state index is 5.27. The van der Waals surface area contributed by atoms with Gasteiger partial charge in [0.25, 0.3) is 0 Å². The molecule has 0 saturated carbocycles. The van der Waals surface area contributed by atoms with Gasteiger partial charge in [0.2, 0.25) is 4.80 Å². The van der Waals surface area contributed by atoms with E-state index >= 15 is 0 Å². The minimum Gasteiger partial charge on any atom is -0.463 e. The molecular weight excluding hydrogens is 294 g/mol. The van der Waals surface area contributed by atoms with Gasteiger partial charge in [-0.15, -0.1) is 11.3 Å². The molecule has 0 saturated heterocycles. The van der Waals surface area contributed by atoms with Crippen LogP contribution in [-0.2, 0) is 0 Å². The summed E-state index contributed by atoms with van der Waals surface area (Å²) in [5.74, 6) is 0.718. The molecule has 0 aliphatic rings. The van der Waals surface area contributed by atoms with Gasteiger partial charge in [-0.2, -0.15) is 5.10 Å². The van der Waals surface area contributed by atoms with Crippen molar-refractivity contribution >= 4 is 23.2 Å². The fourth-order valence-corrected chi connectivity index (χ4v) is 2.93. The lowest BCUT2D eigenvalue weighted by molar-refractivity contribution is 0.559. The van der Waals surface area contributed by atoms with Gasteiger partial charge in [-0.05, 0) is 44.5 Å². The zero-order valence-electron chi connectivity index (χ0n) is 12.8. The van der Waals surface area contributed by atoms with E-state index < -0.39 is 0 Å². The number of aryl methyl sites for hydroxylation is 3. The third-order valence-electron chi connectivity index (χ3n) is 3.26. The van der Waals surface area contributed by atoms with Crippen LogP contribution in [0.2, 0.25) is 0 Å². The number of thiazole rings is 1. The molecule has 1 aromatic carbocycles. The largest absolute Gasteiger partial charge is 0.463 e. The molecule has 0 spiro atoms. The van der Waals surface area contributed by atoms with Gasteiger partial charge in [0.05, 0.1) is 23.9 Å². The maximum Gasteiger partial charge on any atom is 0.211 e. The Morgan fingerprint density at radius 2 is 2.05 bits per heavy atom. The number of nitrogens with zero attached hydrogens (tertiary/aromatic N) is 3. The molecule has 112 valence electrons. The van der Waals surface area contributed by atoms with Crippen molar-refractivity contribution in [3.05, 3.63) is 69.4 Å². The second kappa shape index (κ2) is 6.15. The molecule has 0 aliphatic heterocycles. The summed E-state index contributed by atoms with van der Waals surface area (Å²) in [4.78, 5) is 5.58. The van der Waals surface area contributed by atoms with Crippen LogP contribution in [0, 0.1) is 20.8 Å². The summed E-state index contributed by atoms with van der Waals surface area (Å²) in [6.45, 7) is 6.17. The first-order valence-electron chi connectivity index (χ1n) is 7.00. The first-order chi connectivity index (χ1) is 10.6. The van der Waals surface area contributed by atoms with E-state index in [0.29, 0.717) is 0 Å². The van der Waals surface area contributed by atoms with Crippen molar-refractivity contribution in [3.8, 4) is 0 Å². The Bertz CT molecular complexity index is 870. The van der Waals surface area contributed by atoms with Gasteiger partial charge < -0.3 is 4.42 Å². The standard InChI is InChI=1S/C17H17N3OS/c1-12-6-7-16(13(2)9-12)19-17-20(14(3)11-22-17)18-10-15-5-4-8-21-15/h4-11H,1-3H3. The van der Waals surface area contributed by atoms with Gasteiger partial charge in [-0.1, -0.05) is 17.7 Å². The van der Waals surface area contributed by atoms with Crippen LogP contribution in [-0.4, -0.2) is 10.9 Å². The molecule has 3 rings (SSSR count). The van der Waals surface area contributed by atoms with Crippen molar-refractivity contribution < 1.29 is 4.42 Å². The molecule has 0 aliphatic carbocycles. The molecule has 5 heteroatoms. The number of rotatable bonds is 3. The molecule has 0 unspecified atom stereocenters. The topological polar surface area (TPSA) is 42.8 Å². The van der Waals surface area contributed by atoms with Gasteiger partial charge in [0.15, 0.2) is 0 Å². The number of hydrogen-bond acceptors (Lipinski definition) is 4. The van der Waals surface area contributed by atoms with Crippen LogP contribution in [0.4, 0.5) is 5.69 Å². The van der Waals surface area contributed by atoms with E-state index in [0.717, 1.165) is 27.5 Å². The number of hydrogen-bond donors (Lipinski definition) is 0. The van der Waals surface area contributed by atoms with Gasteiger partial charge in [0.1, 0.15) is 5.76 Å². The third kappa shape index (κ3) is 3.09. The normalized spacial score (nSPS) is 12.4. The highest BCUT2D eigenvalue weighted by molar-refractivity contribution is 7.07. The summed E-state index contributed by atoms with van der Waals surface area (Å²) in [5, 5.41) is 6.51. The summed E-state index contributed by atoms with van der Waals surface area (Å²) >= 11 is 1.57. The fraction of sp³-hybridized carbons (Fsp3) is 0.176. The number of benzene rings is 1. The van der Waals surface area contributed by atoms with Crippen LogP contribution in [0.3, 0.4) is 0 Å². The van der Waals surface area contributed by atoms with Crippen molar-refractivity contribution in [1.82, 2.24) is 4.68 Å². The lowest BCUT2D eigenvalue weighted by Gasteiger charge is -2.01. The predicted octanol–water partition coefficient (Wildman–Crippen LogP) is 4.18. The molecule has 0 atom stereocenters. The van der Waals surface area contributed by atoms with E-state index in [2.05, 4.69) is 31.1 Å². The second-order valence-electron chi connectivity index (χ2n) is 5.13. The predicted molar refractivity (Wildman–Crippen MR) is 89.9 cm³/mol. The number of furan rings is 1. The Balaban J connectivity index is 2.03. The van der Waals surface area contributed by atoms with Crippen molar-refractivity contribution in [2.24, 2.45) is 10.1 Å². The molecule has 0 amide bonds. The van der Waals surface area contributed by atoms with Gasteiger partial charge >= 0.3 is 0 Å². The molecule has 0 radical (unpaired) electrons. The zero-order chi connectivity index (χ0) is 15.5. The lowest BCUT2D eigenvalue weighted by Crippen LogP contribution is -2.11. The van der Waals surface area contributed by atoms with E-state index in [4.69, 9.17) is 9.41 Å². The first-order valence-corrected chi connectivity index (χ1v) is 7.88. The van der Waals surface area contributed by atoms with Crippen LogP contribution >= 0.6 is 11.3 Å². The summed E-state index contributed by atoms with van der Waals surface area (Å²) in [7, 11) is 0. The SMILES string of the molecule is Cc1ccc(N=c2scc(C)n2N=Cc2ccco2)c(C)c1. The molecule has 0 bridgehead atoms. The van der Waals surface area contributed by atoms with E-state index in [1.165, 1.54) is 5.56 Å². The number of aromatic nitrogens is 1. The Hall–Kier alpha value is -2.40. The van der Waals surface area contributed by atoms with E-state index in [9.17, 15) is 0 Å². The highest BCUT2D eigenvalue weighted by Crippen LogP contribution is 2.19. The summed E-state index contributed by atoms with van der Waals surface area (Å²) in [5.41, 5.74) is 4.40. The average molecular weight is 311 g/mol. The Morgan fingerprint density at radius 3 is 2.77 bits per heavy atom. The van der Waals surface area contributed by atoms with E-state index in [1.54, 1.807) is 23.8 Å². The van der Waals surface area contributed by atoms with Gasteiger partial charge in [0, 0.05) is 5.38 Å². The van der Waals surface area contributed by atoms with Gasteiger partial charge in [-0.3, -0.25) is 0 Å². The maximum absolute atomic E-state index is 5.27. The highest BCUT2D eigenvalue weighted by atomic mass is 32.1. The van der Waals surface area contributed by atoms with Gasteiger partial charge in [-0.25, -0.2) is 9.67 Å². The molecular formula is C17H17N3OS.